The third-order valence-electron chi connectivity index (χ3n) is 4.66. The van der Waals surface area contributed by atoms with Crippen LogP contribution >= 0.6 is 0 Å². The number of ether oxygens (including phenoxy) is 1. The molecule has 0 fully saturated rings. The van der Waals surface area contributed by atoms with Gasteiger partial charge in [-0.1, -0.05) is 30.3 Å². The molecule has 24 heavy (non-hydrogen) atoms. The lowest BCUT2D eigenvalue weighted by Crippen LogP contribution is -2.40. The summed E-state index contributed by atoms with van der Waals surface area (Å²) in [6, 6.07) is 19.0. The van der Waals surface area contributed by atoms with Crippen LogP contribution in [0.25, 0.3) is 10.9 Å². The number of fused-ring (bicyclic) bond motifs is 3. The first kappa shape index (κ1) is 14.8. The molecule has 0 spiro atoms. The van der Waals surface area contributed by atoms with Gasteiger partial charge in [0.25, 0.3) is 0 Å². The van der Waals surface area contributed by atoms with E-state index in [2.05, 4.69) is 63.0 Å². The van der Waals surface area contributed by atoms with Crippen molar-refractivity contribution < 1.29 is 4.74 Å². The largest absolute Gasteiger partial charge is 0.497 e. The normalized spacial score (nSPS) is 15.8. The van der Waals surface area contributed by atoms with Crippen LogP contribution in [0.15, 0.2) is 59.6 Å². The summed E-state index contributed by atoms with van der Waals surface area (Å²) in [6.45, 7) is 2.82. The Balaban J connectivity index is 1.73. The van der Waals surface area contributed by atoms with Gasteiger partial charge in [-0.05, 0) is 29.8 Å². The number of rotatable bonds is 3. The van der Waals surface area contributed by atoms with E-state index in [1.54, 1.807) is 7.11 Å². The number of aromatic nitrogens is 1. The second kappa shape index (κ2) is 6.04. The lowest BCUT2D eigenvalue weighted by atomic mass is 10.2. The van der Waals surface area contributed by atoms with E-state index < -0.39 is 0 Å². The van der Waals surface area contributed by atoms with Crippen LogP contribution in [0.4, 0.5) is 0 Å². The second-order valence-electron chi connectivity index (χ2n) is 6.06. The average molecular weight is 319 g/mol. The molecule has 1 aliphatic rings. The van der Waals surface area contributed by atoms with Gasteiger partial charge in [0.05, 0.1) is 12.8 Å². The fraction of sp³-hybridized carbons (Fsp3) is 0.250. The van der Waals surface area contributed by atoms with Gasteiger partial charge in [0.15, 0.2) is 0 Å². The van der Waals surface area contributed by atoms with Crippen LogP contribution in [0.2, 0.25) is 0 Å². The van der Waals surface area contributed by atoms with Gasteiger partial charge in [-0.25, -0.2) is 0 Å². The van der Waals surface area contributed by atoms with Crippen LogP contribution in [-0.4, -0.2) is 36.0 Å². The highest BCUT2D eigenvalue weighted by molar-refractivity contribution is 6.03. The first-order chi connectivity index (χ1) is 11.8. The number of benzene rings is 2. The molecular weight excluding hydrogens is 298 g/mol. The van der Waals surface area contributed by atoms with Crippen molar-refractivity contribution in [3.05, 3.63) is 65.9 Å². The molecule has 3 aromatic rings. The predicted molar refractivity (Wildman–Crippen MR) is 97.8 cm³/mol. The van der Waals surface area contributed by atoms with Gasteiger partial charge in [-0.15, -0.1) is 0 Å². The molecule has 0 amide bonds. The van der Waals surface area contributed by atoms with E-state index in [0.29, 0.717) is 0 Å². The summed E-state index contributed by atoms with van der Waals surface area (Å²) < 4.78 is 7.72. The van der Waals surface area contributed by atoms with Crippen LogP contribution in [0, 0.1) is 0 Å². The summed E-state index contributed by atoms with van der Waals surface area (Å²) in [6.07, 6.45) is 0. The van der Waals surface area contributed by atoms with Crippen LogP contribution in [-0.2, 0) is 13.1 Å². The molecule has 0 N–H and O–H groups in total. The molecule has 0 saturated heterocycles. The van der Waals surface area contributed by atoms with Crippen molar-refractivity contribution in [1.29, 1.82) is 0 Å². The third-order valence-corrected chi connectivity index (χ3v) is 4.66. The SMILES string of the molecule is CN=C1c2cc3cc(OC)ccc3n2CCN1Cc1ccccc1. The number of hydrogen-bond donors (Lipinski definition) is 0. The summed E-state index contributed by atoms with van der Waals surface area (Å²) >= 11 is 0. The summed E-state index contributed by atoms with van der Waals surface area (Å²) in [5.74, 6) is 1.95. The van der Waals surface area contributed by atoms with Gasteiger partial charge in [0.1, 0.15) is 11.6 Å². The fourth-order valence-corrected chi connectivity index (χ4v) is 3.50. The molecule has 0 bridgehead atoms. The molecule has 0 atom stereocenters. The third kappa shape index (κ3) is 2.44. The lowest BCUT2D eigenvalue weighted by molar-refractivity contribution is 0.370. The summed E-state index contributed by atoms with van der Waals surface area (Å²) in [4.78, 5) is 6.96. The molecule has 4 nitrogen and oxygen atoms in total. The molecule has 0 saturated carbocycles. The Hall–Kier alpha value is -2.75. The standard InChI is InChI=1S/C20H21N3O/c1-21-20-19-13-16-12-17(24-2)8-9-18(16)23(19)11-10-22(20)14-15-6-4-3-5-7-15/h3-9,12-13H,10-11,14H2,1-2H3. The van der Waals surface area contributed by atoms with E-state index in [0.717, 1.165) is 31.2 Å². The molecule has 4 rings (SSSR count). The lowest BCUT2D eigenvalue weighted by Gasteiger charge is -2.32. The van der Waals surface area contributed by atoms with Gasteiger partial charge in [-0.2, -0.15) is 0 Å². The van der Waals surface area contributed by atoms with Crippen molar-refractivity contribution in [3.8, 4) is 5.75 Å². The Bertz CT molecular complexity index is 896. The Kier molecular flexibility index (Phi) is 3.73. The maximum atomic E-state index is 5.36. The molecular formula is C20H21N3O. The minimum atomic E-state index is 0.887. The maximum Gasteiger partial charge on any atom is 0.148 e. The number of hydrogen-bond acceptors (Lipinski definition) is 2. The average Bonchev–Trinajstić information content (AvgIpc) is 3.00. The highest BCUT2D eigenvalue weighted by atomic mass is 16.5. The van der Waals surface area contributed by atoms with E-state index in [9.17, 15) is 0 Å². The zero-order chi connectivity index (χ0) is 16.5. The molecule has 0 radical (unpaired) electrons. The van der Waals surface area contributed by atoms with Crippen LogP contribution in [0.5, 0.6) is 5.75 Å². The minimum absolute atomic E-state index is 0.887. The van der Waals surface area contributed by atoms with E-state index in [-0.39, 0.29) is 0 Å². The Morgan fingerprint density at radius 1 is 1.04 bits per heavy atom. The predicted octanol–water partition coefficient (Wildman–Crippen LogP) is 3.54. The first-order valence-corrected chi connectivity index (χ1v) is 8.23. The number of nitrogens with zero attached hydrogens (tertiary/aromatic N) is 3. The fourth-order valence-electron chi connectivity index (χ4n) is 3.50. The molecule has 1 aromatic heterocycles. The minimum Gasteiger partial charge on any atom is -0.497 e. The summed E-state index contributed by atoms with van der Waals surface area (Å²) in [5.41, 5.74) is 3.74. The van der Waals surface area contributed by atoms with E-state index in [4.69, 9.17) is 4.74 Å². The van der Waals surface area contributed by atoms with Gasteiger partial charge in [0, 0.05) is 37.6 Å². The monoisotopic (exact) mass is 319 g/mol. The van der Waals surface area contributed by atoms with Crippen molar-refractivity contribution >= 4 is 16.7 Å². The van der Waals surface area contributed by atoms with Gasteiger partial charge < -0.3 is 14.2 Å². The smallest absolute Gasteiger partial charge is 0.148 e. The van der Waals surface area contributed by atoms with E-state index in [1.807, 2.05) is 13.1 Å². The zero-order valence-electron chi connectivity index (χ0n) is 14.1. The Morgan fingerprint density at radius 2 is 1.88 bits per heavy atom. The quantitative estimate of drug-likeness (QED) is 0.739. The Labute approximate surface area is 142 Å². The van der Waals surface area contributed by atoms with Gasteiger partial charge in [0.2, 0.25) is 0 Å². The van der Waals surface area contributed by atoms with Crippen molar-refractivity contribution in [1.82, 2.24) is 9.47 Å². The molecule has 122 valence electrons. The summed E-state index contributed by atoms with van der Waals surface area (Å²) in [5, 5.41) is 1.20. The molecule has 0 unspecified atom stereocenters. The maximum absolute atomic E-state index is 5.36. The molecule has 1 aliphatic heterocycles. The topological polar surface area (TPSA) is 29.8 Å². The molecule has 0 aliphatic carbocycles. The highest BCUT2D eigenvalue weighted by Crippen LogP contribution is 2.28. The van der Waals surface area contributed by atoms with E-state index in [1.165, 1.54) is 22.2 Å². The van der Waals surface area contributed by atoms with Crippen LogP contribution in [0.3, 0.4) is 0 Å². The van der Waals surface area contributed by atoms with Gasteiger partial charge in [-0.3, -0.25) is 4.99 Å². The van der Waals surface area contributed by atoms with Crippen molar-refractivity contribution in [3.63, 3.8) is 0 Å². The zero-order valence-corrected chi connectivity index (χ0v) is 14.1. The van der Waals surface area contributed by atoms with Crippen molar-refractivity contribution in [2.45, 2.75) is 13.1 Å². The van der Waals surface area contributed by atoms with Crippen molar-refractivity contribution in [2.75, 3.05) is 20.7 Å². The molecule has 2 aromatic carbocycles. The van der Waals surface area contributed by atoms with Crippen LogP contribution in [0.1, 0.15) is 11.3 Å². The Morgan fingerprint density at radius 3 is 2.62 bits per heavy atom. The molecule has 4 heteroatoms. The molecule has 2 heterocycles. The second-order valence-corrected chi connectivity index (χ2v) is 6.06. The number of amidine groups is 1. The number of aliphatic imine (C=N–C) groups is 1. The van der Waals surface area contributed by atoms with Gasteiger partial charge >= 0.3 is 0 Å². The van der Waals surface area contributed by atoms with Crippen LogP contribution < -0.4 is 4.74 Å². The summed E-state index contributed by atoms with van der Waals surface area (Å²) in [7, 11) is 3.58. The highest BCUT2D eigenvalue weighted by Gasteiger charge is 2.24. The number of methoxy groups -OCH3 is 1. The first-order valence-electron chi connectivity index (χ1n) is 8.23. The van der Waals surface area contributed by atoms with E-state index >= 15 is 0 Å². The van der Waals surface area contributed by atoms with Crippen molar-refractivity contribution in [2.24, 2.45) is 4.99 Å².